The molecule has 0 bridgehead atoms. The Morgan fingerprint density at radius 3 is 2.68 bits per heavy atom. The summed E-state index contributed by atoms with van der Waals surface area (Å²) < 4.78 is 48.5. The number of carbonyl (C=O) groups is 2. The summed E-state index contributed by atoms with van der Waals surface area (Å²) >= 11 is 0. The van der Waals surface area contributed by atoms with Crippen LogP contribution in [0.5, 0.6) is 0 Å². The van der Waals surface area contributed by atoms with Gasteiger partial charge in [-0.15, -0.1) is 0 Å². The summed E-state index contributed by atoms with van der Waals surface area (Å²) in [5, 5.41) is 2.68. The molecule has 7 nitrogen and oxygen atoms in total. The summed E-state index contributed by atoms with van der Waals surface area (Å²) in [5.74, 6) is -0.325. The lowest BCUT2D eigenvalue weighted by Crippen LogP contribution is -2.42. The highest BCUT2D eigenvalue weighted by molar-refractivity contribution is 5.78. The SMILES string of the molecule is CC(C)(C)NC(=O)O[C@H]1CCN(C(=O)COCc2cc(C(F)(F)F)ccn2)C1. The monoisotopic (exact) mass is 403 g/mol. The Hall–Kier alpha value is -2.36. The molecular weight excluding hydrogens is 379 g/mol. The van der Waals surface area contributed by atoms with Gasteiger partial charge in [-0.3, -0.25) is 9.78 Å². The lowest BCUT2D eigenvalue weighted by atomic mass is 10.1. The number of alkyl halides is 3. The standard InChI is InChI=1S/C18H24F3N3O4/c1-17(2,3)23-16(26)28-14-5-7-24(9-14)15(25)11-27-10-13-8-12(4-6-22-13)18(19,20)21/h4,6,8,14H,5,7,9-11H2,1-3H3,(H,23,26)/t14-/m0/s1. The van der Waals surface area contributed by atoms with Crippen LogP contribution in [0.4, 0.5) is 18.0 Å². The molecular formula is C18H24F3N3O4. The van der Waals surface area contributed by atoms with Crippen LogP contribution < -0.4 is 5.32 Å². The minimum Gasteiger partial charge on any atom is -0.444 e. The first-order valence-electron chi connectivity index (χ1n) is 8.80. The normalized spacial score (nSPS) is 17.5. The van der Waals surface area contributed by atoms with E-state index in [2.05, 4.69) is 10.3 Å². The quantitative estimate of drug-likeness (QED) is 0.818. The molecule has 2 amide bonds. The maximum Gasteiger partial charge on any atom is 0.416 e. The van der Waals surface area contributed by atoms with Gasteiger partial charge in [-0.2, -0.15) is 13.2 Å². The van der Waals surface area contributed by atoms with E-state index in [0.717, 1.165) is 18.3 Å². The molecule has 1 aliphatic rings. The summed E-state index contributed by atoms with van der Waals surface area (Å²) in [5.41, 5.74) is -1.15. The number of carbonyl (C=O) groups excluding carboxylic acids is 2. The Morgan fingerprint density at radius 1 is 1.32 bits per heavy atom. The van der Waals surface area contributed by atoms with Gasteiger partial charge in [0, 0.05) is 24.7 Å². The maximum absolute atomic E-state index is 12.7. The molecule has 1 atom stereocenters. The number of hydrogen-bond acceptors (Lipinski definition) is 5. The first kappa shape index (κ1) is 21.9. The number of nitrogens with one attached hydrogen (secondary N) is 1. The first-order valence-corrected chi connectivity index (χ1v) is 8.80. The lowest BCUT2D eigenvalue weighted by Gasteiger charge is -2.22. The van der Waals surface area contributed by atoms with Gasteiger partial charge in [-0.05, 0) is 32.9 Å². The van der Waals surface area contributed by atoms with Crippen molar-refractivity contribution in [3.63, 3.8) is 0 Å². The van der Waals surface area contributed by atoms with Crippen molar-refractivity contribution in [3.05, 3.63) is 29.6 Å². The number of amides is 2. The molecule has 10 heteroatoms. The average Bonchev–Trinajstić information content (AvgIpc) is 3.01. The lowest BCUT2D eigenvalue weighted by molar-refractivity contribution is -0.138. The molecule has 0 spiro atoms. The molecule has 28 heavy (non-hydrogen) atoms. The second kappa shape index (κ2) is 8.76. The first-order chi connectivity index (χ1) is 12.9. The number of likely N-dealkylation sites (tertiary alicyclic amines) is 1. The summed E-state index contributed by atoms with van der Waals surface area (Å²) in [6, 6.07) is 1.76. The van der Waals surface area contributed by atoms with Crippen LogP contribution in [0, 0.1) is 0 Å². The Kier molecular flexibility index (Phi) is 6.87. The summed E-state index contributed by atoms with van der Waals surface area (Å²) in [7, 11) is 0. The van der Waals surface area contributed by atoms with Crippen LogP contribution >= 0.6 is 0 Å². The van der Waals surface area contributed by atoms with Crippen LogP contribution in [0.2, 0.25) is 0 Å². The van der Waals surface area contributed by atoms with Gasteiger partial charge >= 0.3 is 12.3 Å². The van der Waals surface area contributed by atoms with Gasteiger partial charge < -0.3 is 19.7 Å². The fourth-order valence-corrected chi connectivity index (χ4v) is 2.61. The largest absolute Gasteiger partial charge is 0.444 e. The number of alkyl carbamates (subject to hydrolysis) is 1. The number of aromatic nitrogens is 1. The van der Waals surface area contributed by atoms with Gasteiger partial charge in [-0.25, -0.2) is 4.79 Å². The van der Waals surface area contributed by atoms with E-state index in [4.69, 9.17) is 9.47 Å². The predicted octanol–water partition coefficient (Wildman–Crippen LogP) is 2.74. The van der Waals surface area contributed by atoms with E-state index < -0.39 is 29.5 Å². The highest BCUT2D eigenvalue weighted by Crippen LogP contribution is 2.29. The second-order valence-electron chi connectivity index (χ2n) is 7.56. The maximum atomic E-state index is 12.7. The third kappa shape index (κ3) is 6.99. The van der Waals surface area contributed by atoms with Crippen molar-refractivity contribution in [2.45, 2.75) is 51.6 Å². The molecule has 1 saturated heterocycles. The van der Waals surface area contributed by atoms with Crippen molar-refractivity contribution < 1.29 is 32.2 Å². The number of hydrogen-bond donors (Lipinski definition) is 1. The number of nitrogens with zero attached hydrogens (tertiary/aromatic N) is 2. The summed E-state index contributed by atoms with van der Waals surface area (Å²) in [6.07, 6.45) is -3.85. The van der Waals surface area contributed by atoms with E-state index in [0.29, 0.717) is 13.0 Å². The van der Waals surface area contributed by atoms with Crippen molar-refractivity contribution in [2.75, 3.05) is 19.7 Å². The number of rotatable bonds is 5. The zero-order valence-corrected chi connectivity index (χ0v) is 16.0. The van der Waals surface area contributed by atoms with Crippen LogP contribution in [-0.4, -0.2) is 53.2 Å². The van der Waals surface area contributed by atoms with E-state index >= 15 is 0 Å². The van der Waals surface area contributed by atoms with Crippen LogP contribution in [0.15, 0.2) is 18.3 Å². The number of halogens is 3. The Morgan fingerprint density at radius 2 is 2.04 bits per heavy atom. The van der Waals surface area contributed by atoms with E-state index in [1.165, 1.54) is 4.90 Å². The molecule has 1 aromatic rings. The average molecular weight is 403 g/mol. The second-order valence-corrected chi connectivity index (χ2v) is 7.56. The van der Waals surface area contributed by atoms with Gasteiger partial charge in [0.1, 0.15) is 12.7 Å². The van der Waals surface area contributed by atoms with Crippen LogP contribution in [0.1, 0.15) is 38.4 Å². The molecule has 1 aliphatic heterocycles. The summed E-state index contributed by atoms with van der Waals surface area (Å²) in [4.78, 5) is 29.2. The van der Waals surface area contributed by atoms with Crippen molar-refractivity contribution in [2.24, 2.45) is 0 Å². The third-order valence-corrected chi connectivity index (χ3v) is 3.87. The summed E-state index contributed by atoms with van der Waals surface area (Å²) in [6.45, 7) is 5.65. The molecule has 0 unspecified atom stereocenters. The molecule has 1 aromatic heterocycles. The molecule has 1 N–H and O–H groups in total. The van der Waals surface area contributed by atoms with Crippen molar-refractivity contribution in [1.29, 1.82) is 0 Å². The Bertz CT molecular complexity index is 704. The molecule has 1 fully saturated rings. The van der Waals surface area contributed by atoms with Crippen molar-refractivity contribution in [3.8, 4) is 0 Å². The van der Waals surface area contributed by atoms with E-state index in [1.54, 1.807) is 0 Å². The highest BCUT2D eigenvalue weighted by Gasteiger charge is 2.31. The highest BCUT2D eigenvalue weighted by atomic mass is 19.4. The van der Waals surface area contributed by atoms with E-state index in [1.807, 2.05) is 20.8 Å². The van der Waals surface area contributed by atoms with Gasteiger partial charge in [0.15, 0.2) is 0 Å². The molecule has 156 valence electrons. The minimum atomic E-state index is -4.46. The van der Waals surface area contributed by atoms with Gasteiger partial charge in [0.05, 0.1) is 24.4 Å². The Labute approximate surface area is 161 Å². The van der Waals surface area contributed by atoms with Crippen LogP contribution in [-0.2, 0) is 27.1 Å². The smallest absolute Gasteiger partial charge is 0.416 e. The number of pyridine rings is 1. The molecule has 0 saturated carbocycles. The molecule has 0 aliphatic carbocycles. The molecule has 2 rings (SSSR count). The zero-order chi connectivity index (χ0) is 20.9. The Balaban J connectivity index is 1.75. The topological polar surface area (TPSA) is 80.8 Å². The molecule has 0 radical (unpaired) electrons. The fourth-order valence-electron chi connectivity index (χ4n) is 2.61. The van der Waals surface area contributed by atoms with Gasteiger partial charge in [-0.1, -0.05) is 0 Å². The van der Waals surface area contributed by atoms with Crippen molar-refractivity contribution in [1.82, 2.24) is 15.2 Å². The van der Waals surface area contributed by atoms with E-state index in [-0.39, 0.29) is 31.4 Å². The van der Waals surface area contributed by atoms with Crippen LogP contribution in [0.3, 0.4) is 0 Å². The van der Waals surface area contributed by atoms with E-state index in [9.17, 15) is 22.8 Å². The predicted molar refractivity (Wildman–Crippen MR) is 93.2 cm³/mol. The fraction of sp³-hybridized carbons (Fsp3) is 0.611. The van der Waals surface area contributed by atoms with Crippen LogP contribution in [0.25, 0.3) is 0 Å². The number of ether oxygens (including phenoxy) is 2. The van der Waals surface area contributed by atoms with Crippen molar-refractivity contribution >= 4 is 12.0 Å². The van der Waals surface area contributed by atoms with Gasteiger partial charge in [0.25, 0.3) is 0 Å². The third-order valence-electron chi connectivity index (χ3n) is 3.87. The minimum absolute atomic E-state index is 0.0871. The molecule has 0 aromatic carbocycles. The van der Waals surface area contributed by atoms with Gasteiger partial charge in [0.2, 0.25) is 5.91 Å². The zero-order valence-electron chi connectivity index (χ0n) is 16.0. The molecule has 2 heterocycles.